The molecular formula is C18H19N5O4S. The van der Waals surface area contributed by atoms with E-state index in [1.165, 1.54) is 24.3 Å². The molecule has 0 spiro atoms. The van der Waals surface area contributed by atoms with Crippen LogP contribution in [0.15, 0.2) is 63.7 Å². The molecular weight excluding hydrogens is 382 g/mol. The van der Waals surface area contributed by atoms with Crippen LogP contribution in [-0.2, 0) is 21.4 Å². The van der Waals surface area contributed by atoms with E-state index in [4.69, 9.17) is 5.14 Å². The van der Waals surface area contributed by atoms with Gasteiger partial charge in [0.15, 0.2) is 5.69 Å². The molecule has 3 aromatic rings. The van der Waals surface area contributed by atoms with Crippen molar-refractivity contribution in [2.75, 3.05) is 11.9 Å². The Balaban J connectivity index is 1.71. The van der Waals surface area contributed by atoms with Gasteiger partial charge in [-0.3, -0.25) is 4.79 Å². The number of aryl methyl sites for hydroxylation is 1. The number of carbonyl (C=O) groups excluding carboxylic acids is 1. The molecule has 0 radical (unpaired) electrons. The number of amides is 1. The van der Waals surface area contributed by atoms with Crippen LogP contribution in [0.4, 0.5) is 11.4 Å². The molecule has 28 heavy (non-hydrogen) atoms. The maximum absolute atomic E-state index is 12.0. The van der Waals surface area contributed by atoms with E-state index in [9.17, 15) is 18.3 Å². The van der Waals surface area contributed by atoms with Gasteiger partial charge in [0, 0.05) is 17.6 Å². The number of nitrogens with one attached hydrogen (secondary N) is 1. The number of azo groups is 1. The zero-order valence-corrected chi connectivity index (χ0v) is 15.8. The fourth-order valence-corrected chi connectivity index (χ4v) is 3.29. The molecule has 146 valence electrons. The molecule has 2 aromatic carbocycles. The summed E-state index contributed by atoms with van der Waals surface area (Å²) >= 11 is 0. The van der Waals surface area contributed by atoms with E-state index in [0.29, 0.717) is 17.6 Å². The summed E-state index contributed by atoms with van der Waals surface area (Å²) in [7, 11) is -3.77. The van der Waals surface area contributed by atoms with Crippen LogP contribution in [0.5, 0.6) is 5.88 Å². The smallest absolute Gasteiger partial charge is 0.283 e. The third-order valence-electron chi connectivity index (χ3n) is 4.12. The highest BCUT2D eigenvalue weighted by Crippen LogP contribution is 2.38. The summed E-state index contributed by atoms with van der Waals surface area (Å²) in [6, 6.07) is 13.0. The van der Waals surface area contributed by atoms with Crippen molar-refractivity contribution in [2.45, 2.75) is 18.4 Å². The van der Waals surface area contributed by atoms with Gasteiger partial charge in [-0.15, -0.1) is 10.2 Å². The minimum atomic E-state index is -3.77. The first-order chi connectivity index (χ1) is 13.3. The number of rotatable bonds is 6. The molecule has 10 heteroatoms. The van der Waals surface area contributed by atoms with Gasteiger partial charge in [0.05, 0.1) is 17.0 Å². The number of carbonyl (C=O) groups is 1. The molecule has 0 fully saturated rings. The van der Waals surface area contributed by atoms with E-state index < -0.39 is 15.9 Å². The number of sulfonamides is 1. The fourth-order valence-electron chi connectivity index (χ4n) is 2.77. The van der Waals surface area contributed by atoms with Gasteiger partial charge in [-0.25, -0.2) is 13.6 Å². The average molecular weight is 401 g/mol. The molecule has 0 saturated heterocycles. The summed E-state index contributed by atoms with van der Waals surface area (Å²) in [5.41, 5.74) is 1.57. The van der Waals surface area contributed by atoms with Gasteiger partial charge in [0.1, 0.15) is 0 Å². The van der Waals surface area contributed by atoms with Gasteiger partial charge in [-0.05, 0) is 37.3 Å². The minimum absolute atomic E-state index is 0.0214. The van der Waals surface area contributed by atoms with Crippen LogP contribution >= 0.6 is 0 Å². The Morgan fingerprint density at radius 1 is 1.18 bits per heavy atom. The molecule has 0 unspecified atom stereocenters. The highest BCUT2D eigenvalue weighted by atomic mass is 32.2. The minimum Gasteiger partial charge on any atom is -0.493 e. The van der Waals surface area contributed by atoms with Gasteiger partial charge in [-0.1, -0.05) is 18.2 Å². The number of hydrogen-bond donors (Lipinski definition) is 3. The number of para-hydroxylation sites is 1. The van der Waals surface area contributed by atoms with Crippen LogP contribution in [0.25, 0.3) is 10.9 Å². The average Bonchev–Trinajstić information content (AvgIpc) is 2.95. The molecule has 0 aliphatic rings. The molecule has 0 aliphatic heterocycles. The molecule has 1 heterocycles. The number of hydrogen-bond acceptors (Lipinski definition) is 6. The van der Waals surface area contributed by atoms with E-state index in [0.717, 1.165) is 5.52 Å². The Bertz CT molecular complexity index is 1150. The topological polar surface area (TPSA) is 139 Å². The van der Waals surface area contributed by atoms with E-state index in [1.807, 2.05) is 25.1 Å². The Labute approximate surface area is 161 Å². The standard InChI is InChI=1S/C18H19N5O4S/c1-2-23-15-6-4-3-5-14(15)17(18(23)25)22-21-16(24)11-20-12-7-9-13(10-8-12)28(19,26)27/h3-10,20,25H,2,11H2,1H3,(H2,19,26,27). The van der Waals surface area contributed by atoms with Gasteiger partial charge in [0.2, 0.25) is 15.9 Å². The lowest BCUT2D eigenvalue weighted by atomic mass is 10.2. The lowest BCUT2D eigenvalue weighted by Gasteiger charge is -2.04. The summed E-state index contributed by atoms with van der Waals surface area (Å²) in [6.45, 7) is 2.29. The summed E-state index contributed by atoms with van der Waals surface area (Å²) in [6.07, 6.45) is 0. The van der Waals surface area contributed by atoms with Crippen molar-refractivity contribution in [1.29, 1.82) is 0 Å². The zero-order chi connectivity index (χ0) is 20.3. The molecule has 1 aromatic heterocycles. The quantitative estimate of drug-likeness (QED) is 0.545. The number of nitrogens with two attached hydrogens (primary N) is 1. The van der Waals surface area contributed by atoms with E-state index in [-0.39, 0.29) is 23.0 Å². The predicted molar refractivity (Wildman–Crippen MR) is 105 cm³/mol. The monoisotopic (exact) mass is 401 g/mol. The van der Waals surface area contributed by atoms with E-state index >= 15 is 0 Å². The lowest BCUT2D eigenvalue weighted by molar-refractivity contribution is -0.116. The zero-order valence-electron chi connectivity index (χ0n) is 15.0. The number of benzene rings is 2. The van der Waals surface area contributed by atoms with E-state index in [1.54, 1.807) is 10.6 Å². The first-order valence-corrected chi connectivity index (χ1v) is 9.97. The van der Waals surface area contributed by atoms with Gasteiger partial charge in [0.25, 0.3) is 5.91 Å². The Kier molecular flexibility index (Phi) is 5.43. The molecule has 1 amide bonds. The summed E-state index contributed by atoms with van der Waals surface area (Å²) < 4.78 is 24.1. The number of aromatic nitrogens is 1. The van der Waals surface area contributed by atoms with Crippen molar-refractivity contribution in [2.24, 2.45) is 15.4 Å². The molecule has 0 atom stereocenters. The third-order valence-corrected chi connectivity index (χ3v) is 5.05. The van der Waals surface area contributed by atoms with Crippen molar-refractivity contribution in [3.8, 4) is 5.88 Å². The van der Waals surface area contributed by atoms with Crippen molar-refractivity contribution >= 4 is 38.2 Å². The largest absolute Gasteiger partial charge is 0.493 e. The summed E-state index contributed by atoms with van der Waals surface area (Å²) in [5, 5.41) is 26.5. The van der Waals surface area contributed by atoms with Crippen LogP contribution in [0.3, 0.4) is 0 Å². The SMILES string of the molecule is CCn1c(O)c(N=NC(=O)CNc2ccc(S(N)(=O)=O)cc2)c2ccccc21. The molecule has 9 nitrogen and oxygen atoms in total. The molecule has 0 aliphatic carbocycles. The lowest BCUT2D eigenvalue weighted by Crippen LogP contribution is -2.13. The second-order valence-electron chi connectivity index (χ2n) is 5.95. The van der Waals surface area contributed by atoms with E-state index in [2.05, 4.69) is 15.5 Å². The van der Waals surface area contributed by atoms with Crippen LogP contribution in [0, 0.1) is 0 Å². The summed E-state index contributed by atoms with van der Waals surface area (Å²) in [4.78, 5) is 12.0. The molecule has 3 rings (SSSR count). The van der Waals surface area contributed by atoms with Gasteiger partial charge in [-0.2, -0.15) is 0 Å². The van der Waals surface area contributed by atoms with Crippen molar-refractivity contribution < 1.29 is 18.3 Å². The highest BCUT2D eigenvalue weighted by Gasteiger charge is 2.15. The fraction of sp³-hybridized carbons (Fsp3) is 0.167. The second kappa shape index (κ2) is 7.79. The predicted octanol–water partition coefficient (Wildman–Crippen LogP) is 2.74. The second-order valence-corrected chi connectivity index (χ2v) is 7.51. The van der Waals surface area contributed by atoms with Crippen molar-refractivity contribution in [3.63, 3.8) is 0 Å². The maximum Gasteiger partial charge on any atom is 0.283 e. The van der Waals surface area contributed by atoms with Crippen LogP contribution < -0.4 is 10.5 Å². The molecule has 4 N–H and O–H groups in total. The first-order valence-electron chi connectivity index (χ1n) is 8.42. The number of fused-ring (bicyclic) bond motifs is 1. The Morgan fingerprint density at radius 2 is 1.86 bits per heavy atom. The van der Waals surface area contributed by atoms with Gasteiger partial charge < -0.3 is 15.0 Å². The number of anilines is 1. The number of nitrogens with zero attached hydrogens (tertiary/aromatic N) is 3. The van der Waals surface area contributed by atoms with Crippen LogP contribution in [-0.4, -0.2) is 30.5 Å². The number of aromatic hydroxyl groups is 1. The number of primary sulfonamides is 1. The van der Waals surface area contributed by atoms with Gasteiger partial charge >= 0.3 is 0 Å². The maximum atomic E-state index is 12.0. The molecule has 0 bridgehead atoms. The highest BCUT2D eigenvalue weighted by molar-refractivity contribution is 7.89. The first kappa shape index (κ1) is 19.5. The van der Waals surface area contributed by atoms with Crippen molar-refractivity contribution in [1.82, 2.24) is 4.57 Å². The normalized spacial score (nSPS) is 11.9. The Hall–Kier alpha value is -3.24. The Morgan fingerprint density at radius 3 is 2.50 bits per heavy atom. The van der Waals surface area contributed by atoms with Crippen LogP contribution in [0.2, 0.25) is 0 Å². The molecule has 0 saturated carbocycles. The third kappa shape index (κ3) is 4.02. The van der Waals surface area contributed by atoms with Crippen LogP contribution in [0.1, 0.15) is 6.92 Å². The van der Waals surface area contributed by atoms with Crippen molar-refractivity contribution in [3.05, 3.63) is 48.5 Å². The summed E-state index contributed by atoms with van der Waals surface area (Å²) in [5.74, 6) is -0.602.